The maximum Gasteiger partial charge on any atom is 0.316 e. The van der Waals surface area contributed by atoms with Crippen LogP contribution in [0.15, 0.2) is 22.6 Å². The van der Waals surface area contributed by atoms with Gasteiger partial charge in [0.15, 0.2) is 5.11 Å². The van der Waals surface area contributed by atoms with Crippen molar-refractivity contribution in [3.05, 3.63) is 23.8 Å². The van der Waals surface area contributed by atoms with Crippen molar-refractivity contribution >= 4 is 39.4 Å². The van der Waals surface area contributed by atoms with Crippen molar-refractivity contribution in [1.29, 1.82) is 0 Å². The third-order valence-corrected chi connectivity index (χ3v) is 5.27. The SMILES string of the molecule is CCCCN(C(=O)C1(c2ccc(OC)c(N=S(=O)=O)c2)CC1)C(=S)NC. The van der Waals surface area contributed by atoms with Crippen LogP contribution in [0, 0.1) is 0 Å². The molecule has 0 radical (unpaired) electrons. The van der Waals surface area contributed by atoms with Crippen LogP contribution in [0.25, 0.3) is 0 Å². The van der Waals surface area contributed by atoms with Crippen molar-refractivity contribution in [2.45, 2.75) is 38.0 Å². The molecule has 0 heterocycles. The molecule has 1 aromatic carbocycles. The van der Waals surface area contributed by atoms with E-state index in [0.717, 1.165) is 18.4 Å². The molecule has 0 unspecified atom stereocenters. The van der Waals surface area contributed by atoms with Crippen LogP contribution in [0.2, 0.25) is 0 Å². The van der Waals surface area contributed by atoms with Gasteiger partial charge in [0.05, 0.1) is 12.5 Å². The molecule has 1 aliphatic carbocycles. The average Bonchev–Trinajstić information content (AvgIpc) is 3.43. The Hall–Kier alpha value is -2.00. The van der Waals surface area contributed by atoms with E-state index in [1.807, 2.05) is 0 Å². The molecule has 1 aliphatic rings. The molecule has 26 heavy (non-hydrogen) atoms. The lowest BCUT2D eigenvalue weighted by Gasteiger charge is -2.28. The monoisotopic (exact) mass is 397 g/mol. The third kappa shape index (κ3) is 4.21. The fourth-order valence-electron chi connectivity index (χ4n) is 2.90. The Morgan fingerprint density at radius 3 is 2.62 bits per heavy atom. The van der Waals surface area contributed by atoms with Gasteiger partial charge in [-0.25, -0.2) is 0 Å². The lowest BCUT2D eigenvalue weighted by atomic mass is 9.93. The highest BCUT2D eigenvalue weighted by Gasteiger charge is 2.53. The Labute approximate surface area is 160 Å². The predicted octanol–water partition coefficient (Wildman–Crippen LogP) is 2.55. The zero-order chi connectivity index (χ0) is 19.3. The van der Waals surface area contributed by atoms with Crippen molar-refractivity contribution in [2.75, 3.05) is 20.7 Å². The van der Waals surface area contributed by atoms with Crippen LogP contribution in [0.4, 0.5) is 5.69 Å². The molecule has 7 nitrogen and oxygen atoms in total. The highest BCUT2D eigenvalue weighted by molar-refractivity contribution is 7.80. The molecule has 0 atom stereocenters. The molecule has 0 saturated heterocycles. The van der Waals surface area contributed by atoms with E-state index in [-0.39, 0.29) is 11.6 Å². The third-order valence-electron chi connectivity index (χ3n) is 4.50. The van der Waals surface area contributed by atoms with E-state index in [1.165, 1.54) is 7.11 Å². The first kappa shape index (κ1) is 20.3. The molecule has 1 N–H and O–H groups in total. The van der Waals surface area contributed by atoms with Crippen LogP contribution in [-0.2, 0) is 20.7 Å². The van der Waals surface area contributed by atoms with E-state index in [4.69, 9.17) is 17.0 Å². The normalized spacial score (nSPS) is 14.3. The highest BCUT2D eigenvalue weighted by Crippen LogP contribution is 2.51. The van der Waals surface area contributed by atoms with Crippen molar-refractivity contribution in [3.8, 4) is 5.75 Å². The minimum absolute atomic E-state index is 0.0651. The molecule has 142 valence electrons. The summed E-state index contributed by atoms with van der Waals surface area (Å²) < 4.78 is 30.7. The number of methoxy groups -OCH3 is 1. The first-order valence-electron chi connectivity index (χ1n) is 8.43. The fraction of sp³-hybridized carbons (Fsp3) is 0.529. The van der Waals surface area contributed by atoms with E-state index in [2.05, 4.69) is 16.6 Å². The maximum absolute atomic E-state index is 13.2. The van der Waals surface area contributed by atoms with Crippen molar-refractivity contribution in [2.24, 2.45) is 4.36 Å². The molecule has 0 spiro atoms. The molecule has 9 heteroatoms. The van der Waals surface area contributed by atoms with E-state index >= 15 is 0 Å². The van der Waals surface area contributed by atoms with Crippen molar-refractivity contribution < 1.29 is 17.9 Å². The first-order valence-corrected chi connectivity index (χ1v) is 9.87. The number of rotatable bonds is 7. The molecule has 1 aromatic rings. The number of nitrogens with one attached hydrogen (secondary N) is 1. The van der Waals surface area contributed by atoms with Crippen molar-refractivity contribution in [1.82, 2.24) is 10.2 Å². The number of ether oxygens (including phenoxy) is 1. The number of hydrogen-bond donors (Lipinski definition) is 1. The molecule has 0 bridgehead atoms. The van der Waals surface area contributed by atoms with Gasteiger partial charge in [0.25, 0.3) is 0 Å². The number of amides is 1. The lowest BCUT2D eigenvalue weighted by Crippen LogP contribution is -2.47. The van der Waals surface area contributed by atoms with Crippen LogP contribution in [0.5, 0.6) is 5.75 Å². The van der Waals surface area contributed by atoms with E-state index in [1.54, 1.807) is 30.1 Å². The standard InChI is InChI=1S/C17H23N3O4S2/c1-4-5-10-20(16(25)18-2)15(21)17(8-9-17)12-6-7-14(24-3)13(11-12)19-26(22)23/h6-7,11H,4-5,8-10H2,1-3H3,(H,18,25). The van der Waals surface area contributed by atoms with Gasteiger partial charge in [-0.15, -0.1) is 4.36 Å². The molecular formula is C17H23N3O4S2. The molecule has 1 amide bonds. The summed E-state index contributed by atoms with van der Waals surface area (Å²) in [6.45, 7) is 2.60. The van der Waals surface area contributed by atoms with Gasteiger partial charge in [0, 0.05) is 13.6 Å². The number of benzene rings is 1. The van der Waals surface area contributed by atoms with Gasteiger partial charge in [-0.3, -0.25) is 9.69 Å². The van der Waals surface area contributed by atoms with Gasteiger partial charge in [0.2, 0.25) is 5.91 Å². The van der Waals surface area contributed by atoms with E-state index < -0.39 is 15.9 Å². The lowest BCUT2D eigenvalue weighted by molar-refractivity contribution is -0.130. The van der Waals surface area contributed by atoms with Gasteiger partial charge in [-0.05, 0) is 49.2 Å². The number of hydrogen-bond acceptors (Lipinski definition) is 6. The summed E-state index contributed by atoms with van der Waals surface area (Å²) in [6.07, 6.45) is 3.17. The molecular weight excluding hydrogens is 374 g/mol. The molecule has 1 saturated carbocycles. The second-order valence-corrected chi connectivity index (χ2v) is 7.15. The second-order valence-electron chi connectivity index (χ2n) is 6.14. The Morgan fingerprint density at radius 2 is 2.12 bits per heavy atom. The van der Waals surface area contributed by atoms with Gasteiger partial charge in [-0.2, -0.15) is 8.42 Å². The summed E-state index contributed by atoms with van der Waals surface area (Å²) in [5.41, 5.74) is 0.233. The Morgan fingerprint density at radius 1 is 1.42 bits per heavy atom. The average molecular weight is 398 g/mol. The first-order chi connectivity index (χ1) is 12.4. The number of nitrogens with zero attached hydrogens (tertiary/aromatic N) is 2. The Kier molecular flexibility index (Phi) is 6.71. The minimum atomic E-state index is -2.61. The Balaban J connectivity index is 2.41. The highest BCUT2D eigenvalue weighted by atomic mass is 32.2. The molecule has 1 fully saturated rings. The zero-order valence-electron chi connectivity index (χ0n) is 15.1. The number of carbonyl (C=O) groups is 1. The summed E-state index contributed by atoms with van der Waals surface area (Å²) in [5.74, 6) is 0.277. The predicted molar refractivity (Wildman–Crippen MR) is 103 cm³/mol. The van der Waals surface area contributed by atoms with E-state index in [9.17, 15) is 13.2 Å². The molecule has 2 rings (SSSR count). The summed E-state index contributed by atoms with van der Waals surface area (Å²) in [7, 11) is 0.532. The maximum atomic E-state index is 13.2. The number of carbonyl (C=O) groups excluding carboxylic acids is 1. The Bertz CT molecular complexity index is 824. The minimum Gasteiger partial charge on any atom is -0.494 e. The summed E-state index contributed by atoms with van der Waals surface area (Å²) >= 11 is 5.31. The largest absolute Gasteiger partial charge is 0.494 e. The van der Waals surface area contributed by atoms with E-state index in [0.29, 0.717) is 30.2 Å². The quantitative estimate of drug-likeness (QED) is 0.712. The van der Waals surface area contributed by atoms with Gasteiger partial charge >= 0.3 is 10.5 Å². The zero-order valence-corrected chi connectivity index (χ0v) is 16.7. The second kappa shape index (κ2) is 8.59. The molecule has 0 aromatic heterocycles. The summed E-state index contributed by atoms with van der Waals surface area (Å²) in [4.78, 5) is 14.8. The van der Waals surface area contributed by atoms with Crippen LogP contribution in [0.3, 0.4) is 0 Å². The van der Waals surface area contributed by atoms with Crippen LogP contribution < -0.4 is 10.1 Å². The summed E-state index contributed by atoms with van der Waals surface area (Å²) in [6, 6.07) is 5.04. The van der Waals surface area contributed by atoms with Crippen LogP contribution in [-0.4, -0.2) is 45.0 Å². The van der Waals surface area contributed by atoms with Gasteiger partial charge in [0.1, 0.15) is 11.4 Å². The van der Waals surface area contributed by atoms with Crippen LogP contribution >= 0.6 is 12.2 Å². The fourth-order valence-corrected chi connectivity index (χ4v) is 3.37. The topological polar surface area (TPSA) is 88.1 Å². The number of unbranched alkanes of at least 4 members (excludes halogenated alkanes) is 1. The molecule has 0 aliphatic heterocycles. The smallest absolute Gasteiger partial charge is 0.316 e. The van der Waals surface area contributed by atoms with Gasteiger partial charge in [-0.1, -0.05) is 19.4 Å². The summed E-state index contributed by atoms with van der Waals surface area (Å²) in [5, 5.41) is 3.28. The van der Waals surface area contributed by atoms with Crippen molar-refractivity contribution in [3.63, 3.8) is 0 Å². The van der Waals surface area contributed by atoms with Gasteiger partial charge < -0.3 is 10.1 Å². The van der Waals surface area contributed by atoms with Crippen LogP contribution in [0.1, 0.15) is 38.2 Å². The number of thiocarbonyl (C=S) groups is 1.